The highest BCUT2D eigenvalue weighted by atomic mass is 16.6. The van der Waals surface area contributed by atoms with E-state index in [-0.39, 0.29) is 12.1 Å². The van der Waals surface area contributed by atoms with Crippen molar-refractivity contribution < 1.29 is 14.6 Å². The second-order valence-corrected chi connectivity index (χ2v) is 5.08. The molecule has 1 heterocycles. The summed E-state index contributed by atoms with van der Waals surface area (Å²) in [6.45, 7) is 4.57. The molecule has 19 heavy (non-hydrogen) atoms. The fourth-order valence-electron chi connectivity index (χ4n) is 2.65. The number of nitrogens with zero attached hydrogens (tertiary/aromatic N) is 1. The van der Waals surface area contributed by atoms with Crippen LogP contribution in [-0.2, 0) is 11.2 Å². The minimum absolute atomic E-state index is 0.230. The minimum atomic E-state index is -0.867. The van der Waals surface area contributed by atoms with E-state index in [1.807, 2.05) is 37.3 Å². The van der Waals surface area contributed by atoms with Crippen LogP contribution < -0.4 is 0 Å². The van der Waals surface area contributed by atoms with Gasteiger partial charge in [0.25, 0.3) is 0 Å². The first-order chi connectivity index (χ1) is 9.07. The Hall–Kier alpha value is -1.55. The van der Waals surface area contributed by atoms with Crippen LogP contribution in [0.25, 0.3) is 0 Å². The van der Waals surface area contributed by atoms with Gasteiger partial charge in [0, 0.05) is 13.0 Å². The van der Waals surface area contributed by atoms with Crippen LogP contribution in [0.3, 0.4) is 0 Å². The molecule has 2 atom stereocenters. The molecule has 0 spiro atoms. The van der Waals surface area contributed by atoms with Crippen LogP contribution in [0.2, 0.25) is 0 Å². The smallest absolute Gasteiger partial charge is 0.410 e. The number of carbonyl (C=O) groups excluding carboxylic acids is 1. The molecule has 0 saturated carbocycles. The molecule has 1 N–H and O–H groups in total. The van der Waals surface area contributed by atoms with E-state index >= 15 is 0 Å². The number of carbonyl (C=O) groups is 1. The van der Waals surface area contributed by atoms with Gasteiger partial charge in [0.15, 0.2) is 0 Å². The van der Waals surface area contributed by atoms with Crippen molar-refractivity contribution in [2.24, 2.45) is 0 Å². The third-order valence-electron chi connectivity index (χ3n) is 3.89. The van der Waals surface area contributed by atoms with Gasteiger partial charge >= 0.3 is 6.09 Å². The molecule has 0 radical (unpaired) electrons. The topological polar surface area (TPSA) is 49.8 Å². The normalized spacial score (nSPS) is 26.5. The average Bonchev–Trinajstić information content (AvgIpc) is 2.67. The van der Waals surface area contributed by atoms with Gasteiger partial charge in [0.2, 0.25) is 0 Å². The summed E-state index contributed by atoms with van der Waals surface area (Å²) in [6, 6.07) is 9.64. The van der Waals surface area contributed by atoms with Crippen LogP contribution in [0.15, 0.2) is 30.3 Å². The minimum Gasteiger partial charge on any atom is -0.450 e. The highest BCUT2D eigenvalue weighted by Crippen LogP contribution is 2.32. The summed E-state index contributed by atoms with van der Waals surface area (Å²) >= 11 is 0. The fourth-order valence-corrected chi connectivity index (χ4v) is 2.65. The SMILES string of the molecule is CCOC(=O)N1CCC(O)(Cc2ccccc2)C1C. The van der Waals surface area contributed by atoms with Gasteiger partial charge in [-0.3, -0.25) is 0 Å². The number of ether oxygens (including phenoxy) is 1. The Kier molecular flexibility index (Phi) is 4.10. The molecule has 104 valence electrons. The van der Waals surface area contributed by atoms with Gasteiger partial charge in [-0.05, 0) is 25.8 Å². The summed E-state index contributed by atoms with van der Waals surface area (Å²) in [5, 5.41) is 10.8. The van der Waals surface area contributed by atoms with Crippen molar-refractivity contribution in [3.63, 3.8) is 0 Å². The average molecular weight is 263 g/mol. The highest BCUT2D eigenvalue weighted by Gasteiger charge is 2.45. The predicted octanol–water partition coefficient (Wildman–Crippen LogP) is 2.21. The number of hydrogen-bond acceptors (Lipinski definition) is 3. The zero-order valence-electron chi connectivity index (χ0n) is 11.5. The Labute approximate surface area is 114 Å². The van der Waals surface area contributed by atoms with E-state index in [1.165, 1.54) is 0 Å². The van der Waals surface area contributed by atoms with Crippen molar-refractivity contribution >= 4 is 6.09 Å². The zero-order valence-corrected chi connectivity index (χ0v) is 11.5. The van der Waals surface area contributed by atoms with Gasteiger partial charge in [0.1, 0.15) is 0 Å². The van der Waals surface area contributed by atoms with Gasteiger partial charge in [-0.2, -0.15) is 0 Å². The van der Waals surface area contributed by atoms with Crippen LogP contribution in [0, 0.1) is 0 Å². The largest absolute Gasteiger partial charge is 0.450 e. The van der Waals surface area contributed by atoms with Crippen LogP contribution in [-0.4, -0.2) is 40.9 Å². The maximum absolute atomic E-state index is 11.8. The second kappa shape index (κ2) is 5.61. The maximum atomic E-state index is 11.8. The van der Waals surface area contributed by atoms with E-state index in [0.29, 0.717) is 26.0 Å². The molecule has 0 bridgehead atoms. The van der Waals surface area contributed by atoms with Crippen molar-refractivity contribution in [2.75, 3.05) is 13.2 Å². The van der Waals surface area contributed by atoms with Crippen LogP contribution in [0.5, 0.6) is 0 Å². The van der Waals surface area contributed by atoms with Crippen molar-refractivity contribution in [1.82, 2.24) is 4.90 Å². The number of benzene rings is 1. The molecule has 0 aromatic heterocycles. The predicted molar refractivity (Wildman–Crippen MR) is 72.9 cm³/mol. The van der Waals surface area contributed by atoms with E-state index in [1.54, 1.807) is 11.8 Å². The number of likely N-dealkylation sites (tertiary alicyclic amines) is 1. The van der Waals surface area contributed by atoms with E-state index in [9.17, 15) is 9.90 Å². The molecule has 1 fully saturated rings. The maximum Gasteiger partial charge on any atom is 0.410 e. The lowest BCUT2D eigenvalue weighted by atomic mass is 9.88. The van der Waals surface area contributed by atoms with Gasteiger partial charge < -0.3 is 14.7 Å². The van der Waals surface area contributed by atoms with E-state index in [0.717, 1.165) is 5.56 Å². The summed E-state index contributed by atoms with van der Waals surface area (Å²) in [5.41, 5.74) is 0.219. The first-order valence-electron chi connectivity index (χ1n) is 6.76. The quantitative estimate of drug-likeness (QED) is 0.909. The molecule has 2 rings (SSSR count). The van der Waals surface area contributed by atoms with Crippen LogP contribution in [0.1, 0.15) is 25.8 Å². The summed E-state index contributed by atoms with van der Waals surface area (Å²) in [7, 11) is 0. The Morgan fingerprint density at radius 2 is 2.16 bits per heavy atom. The first-order valence-corrected chi connectivity index (χ1v) is 6.76. The second-order valence-electron chi connectivity index (χ2n) is 5.08. The third kappa shape index (κ3) is 2.89. The molecule has 2 unspecified atom stereocenters. The molecular weight excluding hydrogens is 242 g/mol. The lowest BCUT2D eigenvalue weighted by molar-refractivity contribution is 0.00900. The molecule has 4 heteroatoms. The van der Waals surface area contributed by atoms with E-state index in [4.69, 9.17) is 4.74 Å². The number of hydrogen-bond donors (Lipinski definition) is 1. The van der Waals surface area contributed by atoms with Gasteiger partial charge in [-0.25, -0.2) is 4.79 Å². The fraction of sp³-hybridized carbons (Fsp3) is 0.533. The van der Waals surface area contributed by atoms with Crippen LogP contribution >= 0.6 is 0 Å². The van der Waals surface area contributed by atoms with Gasteiger partial charge in [-0.15, -0.1) is 0 Å². The third-order valence-corrected chi connectivity index (χ3v) is 3.89. The van der Waals surface area contributed by atoms with Crippen molar-refractivity contribution in [3.8, 4) is 0 Å². The summed E-state index contributed by atoms with van der Waals surface area (Å²) < 4.78 is 5.02. The number of rotatable bonds is 3. The molecule has 0 aliphatic carbocycles. The standard InChI is InChI=1S/C15H21NO3/c1-3-19-14(17)16-10-9-15(18,12(16)2)11-13-7-5-4-6-8-13/h4-8,12,18H,3,9-11H2,1-2H3. The lowest BCUT2D eigenvalue weighted by Crippen LogP contribution is -2.46. The molecular formula is C15H21NO3. The summed E-state index contributed by atoms with van der Waals surface area (Å²) in [5.74, 6) is 0. The van der Waals surface area contributed by atoms with E-state index < -0.39 is 5.60 Å². The molecule has 1 aromatic rings. The van der Waals surface area contributed by atoms with E-state index in [2.05, 4.69) is 0 Å². The molecule has 1 aliphatic heterocycles. The Morgan fingerprint density at radius 1 is 1.47 bits per heavy atom. The molecule has 4 nitrogen and oxygen atoms in total. The molecule has 1 saturated heterocycles. The number of aliphatic hydroxyl groups is 1. The van der Waals surface area contributed by atoms with Gasteiger partial charge in [0.05, 0.1) is 18.2 Å². The van der Waals surface area contributed by atoms with Crippen LogP contribution in [0.4, 0.5) is 4.79 Å². The Morgan fingerprint density at radius 3 is 2.79 bits per heavy atom. The Balaban J connectivity index is 2.07. The summed E-state index contributed by atoms with van der Waals surface area (Å²) in [6.07, 6.45) is 0.811. The molecule has 1 amide bonds. The number of amides is 1. The molecule has 1 aromatic carbocycles. The summed E-state index contributed by atoms with van der Waals surface area (Å²) in [4.78, 5) is 13.4. The zero-order chi connectivity index (χ0) is 13.9. The van der Waals surface area contributed by atoms with Crippen molar-refractivity contribution in [3.05, 3.63) is 35.9 Å². The molecule has 1 aliphatic rings. The Bertz CT molecular complexity index is 434. The van der Waals surface area contributed by atoms with Crippen molar-refractivity contribution in [2.45, 2.75) is 38.3 Å². The lowest BCUT2D eigenvalue weighted by Gasteiger charge is -2.31. The van der Waals surface area contributed by atoms with Gasteiger partial charge in [-0.1, -0.05) is 30.3 Å². The van der Waals surface area contributed by atoms with Crippen molar-refractivity contribution in [1.29, 1.82) is 0 Å². The first kappa shape index (κ1) is 13.9. The highest BCUT2D eigenvalue weighted by molar-refractivity contribution is 5.68. The monoisotopic (exact) mass is 263 g/mol.